The molecule has 1 aliphatic carbocycles. The molecule has 0 aromatic rings. The number of likely N-dealkylation sites (tertiary alicyclic amines) is 1. The van der Waals surface area contributed by atoms with E-state index in [0.717, 1.165) is 11.5 Å². The van der Waals surface area contributed by atoms with Crippen LogP contribution in [-0.2, 0) is 0 Å². The highest BCUT2D eigenvalue weighted by Crippen LogP contribution is 2.49. The molecule has 1 nitrogen and oxygen atoms in total. The summed E-state index contributed by atoms with van der Waals surface area (Å²) in [4.78, 5) is 2.51. The third-order valence-corrected chi connectivity index (χ3v) is 3.48. The Hall–Kier alpha value is -0.0400. The molecule has 0 bridgehead atoms. The van der Waals surface area contributed by atoms with Crippen LogP contribution in [0.4, 0.5) is 0 Å². The summed E-state index contributed by atoms with van der Waals surface area (Å²) < 4.78 is 0. The smallest absolute Gasteiger partial charge is 0.00698 e. The lowest BCUT2D eigenvalue weighted by Crippen LogP contribution is -2.31. The highest BCUT2D eigenvalue weighted by atomic mass is 15.2. The molecule has 2 fully saturated rings. The lowest BCUT2D eigenvalue weighted by molar-refractivity contribution is 0.145. The zero-order valence-corrected chi connectivity index (χ0v) is 7.06. The van der Waals surface area contributed by atoms with E-state index in [-0.39, 0.29) is 0 Å². The van der Waals surface area contributed by atoms with Gasteiger partial charge in [0.05, 0.1) is 0 Å². The maximum Gasteiger partial charge on any atom is 0.00698 e. The maximum atomic E-state index is 2.51. The molecule has 1 saturated heterocycles. The minimum Gasteiger partial charge on any atom is -0.303 e. The summed E-state index contributed by atoms with van der Waals surface area (Å²) >= 11 is 0. The molecule has 0 radical (unpaired) electrons. The van der Waals surface area contributed by atoms with Crippen molar-refractivity contribution in [3.05, 3.63) is 0 Å². The van der Waals surface area contributed by atoms with Gasteiger partial charge in [0.2, 0.25) is 0 Å². The molecule has 0 N–H and O–H groups in total. The van der Waals surface area contributed by atoms with Crippen LogP contribution in [0.1, 0.15) is 32.6 Å². The third kappa shape index (κ3) is 0.800. The van der Waals surface area contributed by atoms with Crippen LogP contribution in [0, 0.1) is 5.41 Å². The minimum atomic E-state index is 0.786. The van der Waals surface area contributed by atoms with E-state index in [1.165, 1.54) is 32.2 Å². The Bertz CT molecular complexity index is 126. The van der Waals surface area contributed by atoms with Crippen LogP contribution in [0.5, 0.6) is 0 Å². The van der Waals surface area contributed by atoms with Crippen molar-refractivity contribution in [2.75, 3.05) is 13.6 Å². The molecule has 1 unspecified atom stereocenters. The number of rotatable bonds is 0. The summed E-state index contributed by atoms with van der Waals surface area (Å²) in [5, 5.41) is 0. The van der Waals surface area contributed by atoms with Gasteiger partial charge in [0.15, 0.2) is 0 Å². The first kappa shape index (κ1) is 6.66. The number of nitrogens with zero attached hydrogens (tertiary/aromatic N) is 1. The fourth-order valence-corrected chi connectivity index (χ4v) is 2.57. The summed E-state index contributed by atoms with van der Waals surface area (Å²) in [6.07, 6.45) is 5.95. The first-order chi connectivity index (χ1) is 4.72. The molecule has 58 valence electrons. The van der Waals surface area contributed by atoms with E-state index >= 15 is 0 Å². The predicted octanol–water partition coefficient (Wildman–Crippen LogP) is 1.88. The van der Waals surface area contributed by atoms with Crippen LogP contribution in [0.15, 0.2) is 0 Å². The molecular formula is C9H17N. The van der Waals surface area contributed by atoms with Gasteiger partial charge in [0.1, 0.15) is 0 Å². The number of hydrogen-bond donors (Lipinski definition) is 0. The van der Waals surface area contributed by atoms with Crippen molar-refractivity contribution in [3.63, 3.8) is 0 Å². The average molecular weight is 139 g/mol. The van der Waals surface area contributed by atoms with Crippen molar-refractivity contribution < 1.29 is 0 Å². The standard InChI is InChI=1S/C9H17N/c1-8-6-9(4-3-5-9)7-10(8)2/h8H,3-7H2,1-2H3. The van der Waals surface area contributed by atoms with Crippen molar-refractivity contribution in [1.29, 1.82) is 0 Å². The SMILES string of the molecule is CC1CC2(CCC2)CN1C. The Kier molecular flexibility index (Phi) is 1.31. The molecule has 0 amide bonds. The summed E-state index contributed by atoms with van der Waals surface area (Å²) in [6, 6.07) is 0.847. The van der Waals surface area contributed by atoms with Gasteiger partial charge in [0, 0.05) is 12.6 Å². The van der Waals surface area contributed by atoms with Crippen LogP contribution in [0.2, 0.25) is 0 Å². The van der Waals surface area contributed by atoms with Crippen molar-refractivity contribution in [3.8, 4) is 0 Å². The van der Waals surface area contributed by atoms with Gasteiger partial charge >= 0.3 is 0 Å². The molecule has 2 aliphatic rings. The first-order valence-electron chi connectivity index (χ1n) is 4.42. The topological polar surface area (TPSA) is 3.24 Å². The Morgan fingerprint density at radius 3 is 2.30 bits per heavy atom. The van der Waals surface area contributed by atoms with E-state index in [2.05, 4.69) is 18.9 Å². The quantitative estimate of drug-likeness (QED) is 0.495. The monoisotopic (exact) mass is 139 g/mol. The largest absolute Gasteiger partial charge is 0.303 e. The average Bonchev–Trinajstić information content (AvgIpc) is 2.08. The van der Waals surface area contributed by atoms with Crippen LogP contribution in [0.3, 0.4) is 0 Å². The van der Waals surface area contributed by atoms with Gasteiger partial charge in [-0.15, -0.1) is 0 Å². The second-order valence-corrected chi connectivity index (χ2v) is 4.32. The van der Waals surface area contributed by atoms with Crippen molar-refractivity contribution in [2.24, 2.45) is 5.41 Å². The summed E-state index contributed by atoms with van der Waals surface area (Å²) in [6.45, 7) is 3.72. The molecule has 1 aliphatic heterocycles. The zero-order chi connectivity index (χ0) is 7.19. The van der Waals surface area contributed by atoms with Gasteiger partial charge in [-0.25, -0.2) is 0 Å². The second kappa shape index (κ2) is 1.97. The van der Waals surface area contributed by atoms with Gasteiger partial charge in [0.25, 0.3) is 0 Å². The van der Waals surface area contributed by atoms with Gasteiger partial charge < -0.3 is 4.90 Å². The van der Waals surface area contributed by atoms with Crippen LogP contribution < -0.4 is 0 Å². The lowest BCUT2D eigenvalue weighted by atomic mass is 9.68. The van der Waals surface area contributed by atoms with Crippen molar-refractivity contribution in [2.45, 2.75) is 38.6 Å². The molecule has 1 heterocycles. The summed E-state index contributed by atoms with van der Waals surface area (Å²) in [5.41, 5.74) is 0.786. The van der Waals surface area contributed by atoms with Gasteiger partial charge in [-0.2, -0.15) is 0 Å². The van der Waals surface area contributed by atoms with E-state index in [4.69, 9.17) is 0 Å². The van der Waals surface area contributed by atoms with Gasteiger partial charge in [-0.05, 0) is 38.6 Å². The van der Waals surface area contributed by atoms with Gasteiger partial charge in [-0.1, -0.05) is 6.42 Å². The fraction of sp³-hybridized carbons (Fsp3) is 1.00. The van der Waals surface area contributed by atoms with Crippen LogP contribution in [0.25, 0.3) is 0 Å². The molecule has 10 heavy (non-hydrogen) atoms. The number of hydrogen-bond acceptors (Lipinski definition) is 1. The van der Waals surface area contributed by atoms with Gasteiger partial charge in [-0.3, -0.25) is 0 Å². The predicted molar refractivity (Wildman–Crippen MR) is 43.0 cm³/mol. The maximum absolute atomic E-state index is 2.51. The first-order valence-corrected chi connectivity index (χ1v) is 4.42. The van der Waals surface area contributed by atoms with Crippen LogP contribution >= 0.6 is 0 Å². The van der Waals surface area contributed by atoms with E-state index in [9.17, 15) is 0 Å². The Morgan fingerprint density at radius 1 is 1.40 bits per heavy atom. The van der Waals surface area contributed by atoms with E-state index in [0.29, 0.717) is 0 Å². The van der Waals surface area contributed by atoms with E-state index < -0.39 is 0 Å². The third-order valence-electron chi connectivity index (χ3n) is 3.48. The molecule has 1 heteroatoms. The molecule has 1 atom stereocenters. The van der Waals surface area contributed by atoms with Crippen molar-refractivity contribution in [1.82, 2.24) is 4.90 Å². The lowest BCUT2D eigenvalue weighted by Gasteiger charge is -2.37. The molecule has 0 aromatic carbocycles. The molecular weight excluding hydrogens is 122 g/mol. The molecule has 1 saturated carbocycles. The fourth-order valence-electron chi connectivity index (χ4n) is 2.57. The molecule has 2 rings (SSSR count). The van der Waals surface area contributed by atoms with Crippen LogP contribution in [-0.4, -0.2) is 24.5 Å². The van der Waals surface area contributed by atoms with E-state index in [1.54, 1.807) is 0 Å². The Morgan fingerprint density at radius 2 is 2.10 bits per heavy atom. The molecule has 1 spiro atoms. The Balaban J connectivity index is 2.03. The summed E-state index contributed by atoms with van der Waals surface area (Å²) in [7, 11) is 2.26. The Labute approximate surface area is 63.4 Å². The zero-order valence-electron chi connectivity index (χ0n) is 7.06. The second-order valence-electron chi connectivity index (χ2n) is 4.32. The minimum absolute atomic E-state index is 0.786. The van der Waals surface area contributed by atoms with Crippen molar-refractivity contribution >= 4 is 0 Å². The highest BCUT2D eigenvalue weighted by Gasteiger charge is 2.44. The normalized spacial score (nSPS) is 38.4. The van der Waals surface area contributed by atoms with E-state index in [1.807, 2.05) is 0 Å². The summed E-state index contributed by atoms with van der Waals surface area (Å²) in [5.74, 6) is 0. The highest BCUT2D eigenvalue weighted by molar-refractivity contribution is 4.97. The molecule has 0 aromatic heterocycles.